The van der Waals surface area contributed by atoms with Crippen LogP contribution in [0.4, 0.5) is 0 Å². The van der Waals surface area contributed by atoms with Gasteiger partial charge in [-0.3, -0.25) is 0 Å². The van der Waals surface area contributed by atoms with Crippen molar-refractivity contribution in [3.63, 3.8) is 0 Å². The number of phenols is 1. The molecule has 2 rings (SSSR count). The molecule has 0 aliphatic rings. The van der Waals surface area contributed by atoms with E-state index >= 15 is 0 Å². The summed E-state index contributed by atoms with van der Waals surface area (Å²) in [6, 6.07) is 8.18. The van der Waals surface area contributed by atoms with Crippen LogP contribution in [0.5, 0.6) is 5.75 Å². The first-order valence-corrected chi connectivity index (χ1v) is 5.15. The van der Waals surface area contributed by atoms with E-state index in [4.69, 9.17) is 4.42 Å². The molecular weight excluding hydrogens is 268 g/mol. The van der Waals surface area contributed by atoms with Gasteiger partial charge in [0.05, 0.1) is 11.8 Å². The number of benzene rings is 1. The van der Waals surface area contributed by atoms with Gasteiger partial charge in [-0.1, -0.05) is 31.2 Å². The first-order valence-electron chi connectivity index (χ1n) is 5.15. The molecule has 0 radical (unpaired) electrons. The Balaban J connectivity index is 0.00000144. The van der Waals surface area contributed by atoms with E-state index in [0.29, 0.717) is 11.5 Å². The van der Waals surface area contributed by atoms with Crippen LogP contribution in [0.25, 0.3) is 11.5 Å². The number of aromatic hydroxyl groups is 1. The molecule has 1 N–H and O–H groups in total. The molecule has 0 saturated heterocycles. The largest absolute Gasteiger partial charge is 2.00 e. The fourth-order valence-corrected chi connectivity index (χ4v) is 1.54. The predicted molar refractivity (Wildman–Crippen MR) is 60.3 cm³/mol. The van der Waals surface area contributed by atoms with E-state index in [0.717, 1.165) is 6.04 Å². The maximum Gasteiger partial charge on any atom is 2.00 e. The van der Waals surface area contributed by atoms with Gasteiger partial charge in [0.15, 0.2) is 0 Å². The van der Waals surface area contributed by atoms with Gasteiger partial charge in [0.25, 0.3) is 5.89 Å². The van der Waals surface area contributed by atoms with Crippen LogP contribution in [0, 0.1) is 12.5 Å². The van der Waals surface area contributed by atoms with E-state index in [1.54, 1.807) is 18.4 Å². The van der Waals surface area contributed by atoms with Crippen molar-refractivity contribution in [2.75, 3.05) is 0 Å². The van der Waals surface area contributed by atoms with Crippen LogP contribution >= 0.6 is 0 Å². The number of rotatable bonds is 3. The van der Waals surface area contributed by atoms with Crippen LogP contribution in [-0.4, -0.2) is 5.11 Å². The monoisotopic (exact) mass is 280 g/mol. The maximum atomic E-state index is 9.77. The quantitative estimate of drug-likeness (QED) is 0.533. The van der Waals surface area contributed by atoms with Gasteiger partial charge in [-0.15, -0.1) is 0 Å². The van der Waals surface area contributed by atoms with E-state index in [1.807, 2.05) is 43.2 Å². The molecule has 0 unspecified atom stereocenters. The van der Waals surface area contributed by atoms with Crippen molar-refractivity contribution in [1.82, 2.24) is 0 Å². The van der Waals surface area contributed by atoms with Gasteiger partial charge < -0.3 is 20.5 Å². The first kappa shape index (κ1) is 13.8. The summed E-state index contributed by atoms with van der Waals surface area (Å²) in [6.07, 6.45) is 5.42. The minimum Gasteiger partial charge on any atom is -0.508 e. The summed E-state index contributed by atoms with van der Waals surface area (Å²) in [5.41, 5.74) is 0.689. The van der Waals surface area contributed by atoms with Crippen molar-refractivity contribution in [3.8, 4) is 17.2 Å². The molecule has 0 amide bonds. The molecule has 0 spiro atoms. The maximum absolute atomic E-state index is 9.77. The predicted octanol–water partition coefficient (Wildman–Crippen LogP) is 2.56. The summed E-state index contributed by atoms with van der Waals surface area (Å²) in [5, 5.41) is 9.77. The number of aromatic nitrogens is 1. The molecule has 0 bridgehead atoms. The molecule has 3 nitrogen and oxygen atoms in total. The van der Waals surface area contributed by atoms with Gasteiger partial charge in [-0.2, -0.15) is 6.92 Å². The van der Waals surface area contributed by atoms with E-state index in [-0.39, 0.29) is 25.2 Å². The van der Waals surface area contributed by atoms with Crippen LogP contribution in [0.1, 0.15) is 13.8 Å². The zero-order valence-electron chi connectivity index (χ0n) is 10.1. The summed E-state index contributed by atoms with van der Waals surface area (Å²) >= 11 is 0. The Labute approximate surface area is 114 Å². The number of phenolic OH excluding ortho intramolecular Hbond substituents is 1. The molecule has 2 aromatic rings. The Morgan fingerprint density at radius 3 is 2.71 bits per heavy atom. The van der Waals surface area contributed by atoms with Gasteiger partial charge in [-0.05, 0) is 6.07 Å². The van der Waals surface area contributed by atoms with Crippen LogP contribution in [0.15, 0.2) is 41.1 Å². The van der Waals surface area contributed by atoms with Gasteiger partial charge in [-0.25, -0.2) is 0 Å². The van der Waals surface area contributed by atoms with Crippen molar-refractivity contribution in [2.24, 2.45) is 0 Å². The smallest absolute Gasteiger partial charge is 0.508 e. The zero-order valence-corrected chi connectivity index (χ0v) is 13.0. The van der Waals surface area contributed by atoms with Crippen molar-refractivity contribution in [2.45, 2.75) is 13.8 Å². The number of para-hydroxylation sites is 1. The Bertz CT molecular complexity index is 482. The fraction of sp³-hybridized carbons (Fsp3) is 0.154. The molecule has 17 heavy (non-hydrogen) atoms. The third kappa shape index (κ3) is 2.70. The third-order valence-electron chi connectivity index (χ3n) is 2.54. The van der Waals surface area contributed by atoms with E-state index in [1.165, 1.54) is 0 Å². The van der Waals surface area contributed by atoms with Crippen LogP contribution in [0.3, 0.4) is 0 Å². The van der Waals surface area contributed by atoms with Crippen molar-refractivity contribution in [1.29, 1.82) is 0 Å². The molecule has 4 heteroatoms. The molecule has 0 fully saturated rings. The normalized spacial score (nSPS) is 9.76. The molecule has 0 aliphatic carbocycles. The van der Waals surface area contributed by atoms with E-state index in [9.17, 15) is 5.11 Å². The van der Waals surface area contributed by atoms with E-state index < -0.39 is 0 Å². The Morgan fingerprint density at radius 1 is 1.35 bits per heavy atom. The Hall–Kier alpha value is -1.28. The van der Waals surface area contributed by atoms with Gasteiger partial charge in [0, 0.05) is 0 Å². The second-order valence-electron chi connectivity index (χ2n) is 3.53. The summed E-state index contributed by atoms with van der Waals surface area (Å²) in [4.78, 5) is 0. The molecule has 1 heterocycles. The third-order valence-corrected chi connectivity index (χ3v) is 2.54. The van der Waals surface area contributed by atoms with Crippen LogP contribution in [0.2, 0.25) is 0 Å². The number of nitrogens with zero attached hydrogens (tertiary/aromatic N) is 1. The zero-order chi connectivity index (χ0) is 11.5. The number of hydrogen-bond donors (Lipinski definition) is 1. The second kappa shape index (κ2) is 5.88. The fourth-order valence-electron chi connectivity index (χ4n) is 1.54. The molecule has 1 aromatic carbocycles. The average Bonchev–Trinajstić information content (AvgIpc) is 2.77. The summed E-state index contributed by atoms with van der Waals surface area (Å²) in [6.45, 7) is 3.95. The Kier molecular flexibility index (Phi) is 4.77. The average molecular weight is 282 g/mol. The summed E-state index contributed by atoms with van der Waals surface area (Å²) in [7, 11) is 0. The standard InChI is InChI=1S/C13H14NO2.Zn/c1-3-10(2)14-8-9-16-13(14)11-6-4-5-7-12(11)15;/h3-9,15H,1-2H3;/q-1;+2. The number of oxazole rings is 1. The minimum atomic E-state index is 0. The summed E-state index contributed by atoms with van der Waals surface area (Å²) < 4.78 is 7.31. The first-order chi connectivity index (χ1) is 7.74. The van der Waals surface area contributed by atoms with Crippen LogP contribution < -0.4 is 4.57 Å². The van der Waals surface area contributed by atoms with Crippen molar-refractivity contribution in [3.05, 3.63) is 49.2 Å². The molecule has 0 atom stereocenters. The van der Waals surface area contributed by atoms with E-state index in [2.05, 4.69) is 0 Å². The minimum absolute atomic E-state index is 0. The van der Waals surface area contributed by atoms with Gasteiger partial charge in [0.2, 0.25) is 0 Å². The van der Waals surface area contributed by atoms with Gasteiger partial charge >= 0.3 is 19.5 Å². The molecule has 84 valence electrons. The number of hydrogen-bond acceptors (Lipinski definition) is 2. The topological polar surface area (TPSA) is 37.2 Å². The summed E-state index contributed by atoms with van der Waals surface area (Å²) in [5.74, 6) is 0.851. The van der Waals surface area contributed by atoms with Gasteiger partial charge in [0.1, 0.15) is 11.9 Å². The molecular formula is C13H14NO2Zn+. The molecule has 0 saturated carbocycles. The van der Waals surface area contributed by atoms with Crippen molar-refractivity contribution >= 4 is 0 Å². The van der Waals surface area contributed by atoms with Crippen LogP contribution in [-0.2, 0) is 19.5 Å². The Morgan fingerprint density at radius 2 is 2.06 bits per heavy atom. The second-order valence-corrected chi connectivity index (χ2v) is 3.53. The van der Waals surface area contributed by atoms with Crippen molar-refractivity contribution < 1.29 is 33.6 Å². The molecule has 1 aromatic heterocycles. The SMILES string of the molecule is C[CH-][C-](C)[n+]1ccoc1-c1ccccc1O.[Zn+2]. The molecule has 0 aliphatic heterocycles.